The molecule has 0 aromatic carbocycles. The van der Waals surface area contributed by atoms with Crippen LogP contribution in [0.4, 0.5) is 0 Å². The topological polar surface area (TPSA) is 0 Å². The van der Waals surface area contributed by atoms with Gasteiger partial charge in [0.2, 0.25) is 0 Å². The first-order valence-corrected chi connectivity index (χ1v) is 3.66. The number of hydrogen-bond acceptors (Lipinski definition) is 0. The van der Waals surface area contributed by atoms with Crippen LogP contribution in [0.2, 0.25) is 4.01 Å². The summed E-state index contributed by atoms with van der Waals surface area (Å²) in [6, 6.07) is 0. The monoisotopic (exact) mass is 194 g/mol. The van der Waals surface area contributed by atoms with Crippen LogP contribution in [0.1, 0.15) is 6.42 Å². The predicted octanol–water partition coefficient (Wildman–Crippen LogP) is 1.84. The van der Waals surface area contributed by atoms with Crippen molar-refractivity contribution in [2.24, 2.45) is 5.92 Å². The molecule has 2 bridgehead atoms. The standard InChI is InChI=1S/C7H7.Rh/c1-2-7-4-3-6(1)5-7;/h1-4,6H,5H2;. The molecule has 8 heavy (non-hydrogen) atoms. The molecule has 0 nitrogen and oxygen atoms in total. The Labute approximate surface area is 59.3 Å². The van der Waals surface area contributed by atoms with Crippen LogP contribution < -0.4 is 0 Å². The van der Waals surface area contributed by atoms with Gasteiger partial charge in [0.25, 0.3) is 0 Å². The fourth-order valence-corrected chi connectivity index (χ4v) is 2.00. The summed E-state index contributed by atoms with van der Waals surface area (Å²) < 4.78 is 0.339. The van der Waals surface area contributed by atoms with Crippen molar-refractivity contribution >= 4 is 0 Å². The molecule has 0 aromatic rings. The Kier molecular flexibility index (Phi) is 0.820. The predicted molar refractivity (Wildman–Crippen MR) is 29.1 cm³/mol. The van der Waals surface area contributed by atoms with E-state index in [0.717, 1.165) is 5.92 Å². The van der Waals surface area contributed by atoms with Gasteiger partial charge in [-0.15, -0.1) is 0 Å². The van der Waals surface area contributed by atoms with Gasteiger partial charge < -0.3 is 0 Å². The Morgan fingerprint density at radius 3 is 2.12 bits per heavy atom. The molecular formula is C7H7Rh. The third-order valence-electron chi connectivity index (χ3n) is 1.77. The maximum atomic E-state index is 3.06. The Balaban J connectivity index is 2.43. The molecule has 0 atom stereocenters. The van der Waals surface area contributed by atoms with Crippen molar-refractivity contribution in [1.29, 1.82) is 0 Å². The van der Waals surface area contributed by atoms with E-state index in [0.29, 0.717) is 4.01 Å². The van der Waals surface area contributed by atoms with E-state index in [9.17, 15) is 0 Å². The van der Waals surface area contributed by atoms with E-state index in [1.54, 1.807) is 0 Å². The van der Waals surface area contributed by atoms with E-state index >= 15 is 0 Å². The van der Waals surface area contributed by atoms with Gasteiger partial charge in [-0.25, -0.2) is 0 Å². The summed E-state index contributed by atoms with van der Waals surface area (Å²) in [4.78, 5) is 0. The van der Waals surface area contributed by atoms with Crippen LogP contribution in [0.3, 0.4) is 0 Å². The molecule has 1 heteroatoms. The quantitative estimate of drug-likeness (QED) is 0.407. The molecule has 44 valence electrons. The molecule has 0 N–H and O–H groups in total. The Bertz CT molecular complexity index is 153. The first kappa shape index (κ1) is 4.93. The van der Waals surface area contributed by atoms with Gasteiger partial charge in [0.05, 0.1) is 0 Å². The fourth-order valence-electron chi connectivity index (χ4n) is 1.30. The minimum atomic E-state index is 0.339. The van der Waals surface area contributed by atoms with Crippen molar-refractivity contribution in [2.75, 3.05) is 0 Å². The van der Waals surface area contributed by atoms with Crippen LogP contribution in [0, 0.1) is 5.92 Å². The van der Waals surface area contributed by atoms with E-state index in [1.165, 1.54) is 6.42 Å². The van der Waals surface area contributed by atoms with Gasteiger partial charge in [-0.3, -0.25) is 0 Å². The van der Waals surface area contributed by atoms with Crippen molar-refractivity contribution in [2.45, 2.75) is 10.4 Å². The summed E-state index contributed by atoms with van der Waals surface area (Å²) in [5.74, 6) is 0.750. The van der Waals surface area contributed by atoms with Gasteiger partial charge in [-0.1, -0.05) is 0 Å². The molecule has 0 spiro atoms. The van der Waals surface area contributed by atoms with Crippen molar-refractivity contribution < 1.29 is 18.3 Å². The van der Waals surface area contributed by atoms with Gasteiger partial charge in [0, 0.05) is 0 Å². The van der Waals surface area contributed by atoms with Crippen LogP contribution >= 0.6 is 0 Å². The zero-order valence-electron chi connectivity index (χ0n) is 4.43. The first-order chi connectivity index (χ1) is 3.79. The van der Waals surface area contributed by atoms with E-state index in [-0.39, 0.29) is 0 Å². The molecule has 2 aliphatic rings. The zero-order chi connectivity index (χ0) is 5.61. The summed E-state index contributed by atoms with van der Waals surface area (Å²) >= 11 is 3.06. The molecule has 0 aromatic heterocycles. The van der Waals surface area contributed by atoms with E-state index < -0.39 is 0 Å². The van der Waals surface area contributed by atoms with Crippen LogP contribution in [-0.2, 0) is 18.3 Å². The summed E-state index contributed by atoms with van der Waals surface area (Å²) in [6.45, 7) is 0. The van der Waals surface area contributed by atoms with Crippen LogP contribution in [0.15, 0.2) is 24.3 Å². The Morgan fingerprint density at radius 2 is 2.00 bits per heavy atom. The third-order valence-corrected chi connectivity index (χ3v) is 2.65. The van der Waals surface area contributed by atoms with Gasteiger partial charge in [0.15, 0.2) is 0 Å². The molecule has 2 rings (SSSR count). The summed E-state index contributed by atoms with van der Waals surface area (Å²) in [5, 5.41) is 0. The van der Waals surface area contributed by atoms with Crippen molar-refractivity contribution in [1.82, 2.24) is 0 Å². The third kappa shape index (κ3) is 0.543. The number of hydrogen-bond donors (Lipinski definition) is 0. The summed E-state index contributed by atoms with van der Waals surface area (Å²) in [7, 11) is 0. The molecule has 0 amide bonds. The average molecular weight is 194 g/mol. The number of rotatable bonds is 0. The Morgan fingerprint density at radius 1 is 1.38 bits per heavy atom. The maximum absolute atomic E-state index is 3.06. The minimum absolute atomic E-state index is 0.339. The van der Waals surface area contributed by atoms with Crippen molar-refractivity contribution in [3.8, 4) is 0 Å². The first-order valence-electron chi connectivity index (χ1n) is 2.84. The van der Waals surface area contributed by atoms with Crippen molar-refractivity contribution in [3.05, 3.63) is 24.3 Å². The second-order valence-corrected chi connectivity index (χ2v) is 4.00. The molecule has 0 unspecified atom stereocenters. The van der Waals surface area contributed by atoms with Crippen LogP contribution in [0.5, 0.6) is 0 Å². The second-order valence-electron chi connectivity index (χ2n) is 2.47. The number of fused-ring (bicyclic) bond motifs is 2. The average Bonchev–Trinajstić information content (AvgIpc) is 2.21. The molecule has 0 aliphatic heterocycles. The molecule has 0 fully saturated rings. The van der Waals surface area contributed by atoms with Crippen LogP contribution in [0.25, 0.3) is 0 Å². The van der Waals surface area contributed by atoms with Crippen LogP contribution in [-0.4, -0.2) is 0 Å². The van der Waals surface area contributed by atoms with Gasteiger partial charge in [-0.2, -0.15) is 0 Å². The molecule has 0 radical (unpaired) electrons. The Hall–Kier alpha value is 0.103. The summed E-state index contributed by atoms with van der Waals surface area (Å²) in [5.41, 5.74) is 0. The zero-order valence-corrected chi connectivity index (χ0v) is 6.07. The number of allylic oxidation sites excluding steroid dienone is 4. The SMILES string of the molecule is [Rh][C]12C=CC(C=C1)C2. The second kappa shape index (κ2) is 1.33. The van der Waals surface area contributed by atoms with E-state index in [2.05, 4.69) is 42.6 Å². The molecule has 0 heterocycles. The van der Waals surface area contributed by atoms with Crippen molar-refractivity contribution in [3.63, 3.8) is 0 Å². The van der Waals surface area contributed by atoms with Gasteiger partial charge in [-0.05, 0) is 0 Å². The van der Waals surface area contributed by atoms with E-state index in [1.807, 2.05) is 0 Å². The van der Waals surface area contributed by atoms with Gasteiger partial charge in [0.1, 0.15) is 0 Å². The summed E-state index contributed by atoms with van der Waals surface area (Å²) in [6.07, 6.45) is 10.4. The molecular weight excluding hydrogens is 187 g/mol. The normalized spacial score (nSPS) is 49.0. The van der Waals surface area contributed by atoms with E-state index in [4.69, 9.17) is 0 Å². The molecule has 0 saturated carbocycles. The molecule has 0 saturated heterocycles. The molecule has 2 aliphatic carbocycles. The fraction of sp³-hybridized carbons (Fsp3) is 0.429. The van der Waals surface area contributed by atoms with Gasteiger partial charge >= 0.3 is 59.0 Å².